The Morgan fingerprint density at radius 2 is 1.24 bits per heavy atom. The molecule has 0 heterocycles. The minimum absolute atomic E-state index is 0.268. The Bertz CT molecular complexity index is 1280. The van der Waals surface area contributed by atoms with Crippen LogP contribution in [-0.4, -0.2) is 11.6 Å². The van der Waals surface area contributed by atoms with Crippen LogP contribution in [-0.2, 0) is 15.6 Å². The van der Waals surface area contributed by atoms with Crippen LogP contribution in [0.3, 0.4) is 0 Å². The van der Waals surface area contributed by atoms with Crippen molar-refractivity contribution in [2.75, 3.05) is 0 Å². The van der Waals surface area contributed by atoms with Crippen molar-refractivity contribution in [1.82, 2.24) is 0 Å². The molecule has 0 saturated carbocycles. The van der Waals surface area contributed by atoms with Crippen LogP contribution in [0.4, 0.5) is 4.39 Å². The highest BCUT2D eigenvalue weighted by Crippen LogP contribution is 2.31. The molecule has 34 heavy (non-hydrogen) atoms. The molecule has 2 nitrogen and oxygen atoms in total. The molecule has 0 fully saturated rings. The zero-order valence-electron chi connectivity index (χ0n) is 19.0. The molecule has 0 aromatic heterocycles. The normalized spacial score (nSPS) is 10.9. The Labute approximate surface area is 202 Å². The van der Waals surface area contributed by atoms with Gasteiger partial charge in [0.2, 0.25) is 0 Å². The number of esters is 1. The van der Waals surface area contributed by atoms with Crippen molar-refractivity contribution in [3.63, 3.8) is 0 Å². The van der Waals surface area contributed by atoms with Crippen LogP contribution < -0.4 is 0 Å². The van der Waals surface area contributed by atoms with Gasteiger partial charge in [-0.1, -0.05) is 60.4 Å². The van der Waals surface area contributed by atoms with Crippen molar-refractivity contribution in [2.45, 2.75) is 34.1 Å². The maximum Gasteiger partial charge on any atom is 0.339 e. The largest absolute Gasteiger partial charge is 0.443 e. The summed E-state index contributed by atoms with van der Waals surface area (Å²) in [5, 5.41) is 0. The number of hydrogen-bond acceptors (Lipinski definition) is 2. The maximum atomic E-state index is 13.8. The first kappa shape index (κ1) is 23.4. The molecule has 4 aromatic rings. The van der Waals surface area contributed by atoms with Crippen molar-refractivity contribution >= 4 is 16.9 Å². The summed E-state index contributed by atoms with van der Waals surface area (Å²) in [6.45, 7) is 3.38. The highest BCUT2D eigenvalue weighted by Gasteiger charge is 2.29. The summed E-state index contributed by atoms with van der Waals surface area (Å²) in [6, 6.07) is 34.4. The van der Waals surface area contributed by atoms with E-state index < -0.39 is 17.4 Å². The molecule has 0 N–H and O–H groups in total. The first-order chi connectivity index (χ1) is 16.4. The van der Waals surface area contributed by atoms with Gasteiger partial charge in [-0.3, -0.25) is 0 Å². The molecule has 0 bridgehead atoms. The van der Waals surface area contributed by atoms with E-state index in [1.54, 1.807) is 44.2 Å². The highest BCUT2D eigenvalue weighted by molar-refractivity contribution is 7.97. The Morgan fingerprint density at radius 1 is 0.735 bits per heavy atom. The second-order valence-corrected chi connectivity index (χ2v) is 10.1. The topological polar surface area (TPSA) is 26.3 Å². The zero-order chi connectivity index (χ0) is 24.0. The van der Waals surface area contributed by atoms with Gasteiger partial charge in [-0.15, -0.1) is 0 Å². The Hall–Kier alpha value is -3.81. The number of benzene rings is 4. The number of carbonyl (C=O) groups is 1. The SMILES string of the molecule is CC(C)(C#Cc1ccccc1F)OC(=O)c1ccc([S+](c2ccccc2)c2ccccc2)cc1. The minimum atomic E-state index is -1.07. The molecule has 0 aliphatic carbocycles. The van der Waals surface area contributed by atoms with Gasteiger partial charge >= 0.3 is 5.97 Å². The molecule has 0 aliphatic heterocycles. The predicted octanol–water partition coefficient (Wildman–Crippen LogP) is 6.91. The third-order valence-corrected chi connectivity index (χ3v) is 7.23. The number of halogens is 1. The summed E-state index contributed by atoms with van der Waals surface area (Å²) in [5.74, 6) is 4.75. The van der Waals surface area contributed by atoms with Gasteiger partial charge < -0.3 is 4.74 Å². The molecule has 0 unspecified atom stereocenters. The van der Waals surface area contributed by atoms with E-state index >= 15 is 0 Å². The maximum absolute atomic E-state index is 13.8. The van der Waals surface area contributed by atoms with Gasteiger partial charge in [-0.05, 0) is 74.5 Å². The summed E-state index contributed by atoms with van der Waals surface area (Å²) in [7, 11) is -0.292. The molecule has 0 saturated heterocycles. The monoisotopic (exact) mass is 467 g/mol. The molecule has 0 spiro atoms. The Balaban J connectivity index is 1.54. The van der Waals surface area contributed by atoms with Crippen molar-refractivity contribution in [1.29, 1.82) is 0 Å². The fourth-order valence-electron chi connectivity index (χ4n) is 3.35. The summed E-state index contributed by atoms with van der Waals surface area (Å²) >= 11 is 0. The zero-order valence-corrected chi connectivity index (χ0v) is 19.8. The summed E-state index contributed by atoms with van der Waals surface area (Å²) in [6.07, 6.45) is 0. The highest BCUT2D eigenvalue weighted by atomic mass is 32.2. The Kier molecular flexibility index (Phi) is 7.15. The van der Waals surface area contributed by atoms with Gasteiger partial charge in [0.25, 0.3) is 0 Å². The molecule has 0 amide bonds. The fraction of sp³-hybridized carbons (Fsp3) is 0.100. The average Bonchev–Trinajstić information content (AvgIpc) is 2.85. The van der Waals surface area contributed by atoms with Crippen LogP contribution >= 0.6 is 0 Å². The van der Waals surface area contributed by atoms with Crippen molar-refractivity contribution in [3.8, 4) is 11.8 Å². The van der Waals surface area contributed by atoms with Crippen molar-refractivity contribution in [3.05, 3.63) is 126 Å². The molecule has 4 aromatic carbocycles. The van der Waals surface area contributed by atoms with Gasteiger partial charge in [0.05, 0.1) is 22.0 Å². The van der Waals surface area contributed by atoms with Crippen LogP contribution in [0.25, 0.3) is 0 Å². The molecular formula is C30H24FO2S+. The van der Waals surface area contributed by atoms with Gasteiger partial charge in [0, 0.05) is 0 Å². The second kappa shape index (κ2) is 10.4. The average molecular weight is 468 g/mol. The van der Waals surface area contributed by atoms with Crippen molar-refractivity contribution in [2.24, 2.45) is 0 Å². The molecule has 0 aliphatic rings. The summed E-state index contributed by atoms with van der Waals surface area (Å²) < 4.78 is 19.5. The van der Waals surface area contributed by atoms with E-state index in [-0.39, 0.29) is 16.5 Å². The second-order valence-electron chi connectivity index (χ2n) is 8.09. The van der Waals surface area contributed by atoms with E-state index in [4.69, 9.17) is 4.74 Å². The smallest absolute Gasteiger partial charge is 0.339 e. The molecule has 0 atom stereocenters. The summed E-state index contributed by atoms with van der Waals surface area (Å²) in [4.78, 5) is 16.3. The third kappa shape index (κ3) is 5.75. The van der Waals surface area contributed by atoms with Crippen LogP contribution in [0.1, 0.15) is 29.8 Å². The van der Waals surface area contributed by atoms with Gasteiger partial charge in [0.1, 0.15) is 5.82 Å². The van der Waals surface area contributed by atoms with Crippen LogP contribution in [0, 0.1) is 17.7 Å². The number of hydrogen-bond donors (Lipinski definition) is 0. The minimum Gasteiger partial charge on any atom is -0.443 e. The lowest BCUT2D eigenvalue weighted by Crippen LogP contribution is -2.26. The first-order valence-electron chi connectivity index (χ1n) is 10.9. The van der Waals surface area contributed by atoms with Crippen LogP contribution in [0.15, 0.2) is 124 Å². The van der Waals surface area contributed by atoms with E-state index in [1.807, 2.05) is 48.5 Å². The van der Waals surface area contributed by atoms with Gasteiger partial charge in [-0.25, -0.2) is 9.18 Å². The van der Waals surface area contributed by atoms with Gasteiger partial charge in [0.15, 0.2) is 20.3 Å². The number of ether oxygens (including phenoxy) is 1. The van der Waals surface area contributed by atoms with Crippen LogP contribution in [0.5, 0.6) is 0 Å². The van der Waals surface area contributed by atoms with Crippen LogP contribution in [0.2, 0.25) is 0 Å². The van der Waals surface area contributed by atoms with E-state index in [9.17, 15) is 9.18 Å². The molecular weight excluding hydrogens is 443 g/mol. The predicted molar refractivity (Wildman–Crippen MR) is 134 cm³/mol. The van der Waals surface area contributed by atoms with Crippen molar-refractivity contribution < 1.29 is 13.9 Å². The van der Waals surface area contributed by atoms with E-state index in [0.717, 1.165) is 4.90 Å². The molecule has 0 radical (unpaired) electrons. The van der Waals surface area contributed by atoms with E-state index in [2.05, 4.69) is 36.1 Å². The summed E-state index contributed by atoms with van der Waals surface area (Å²) in [5.41, 5.74) is -0.366. The fourth-order valence-corrected chi connectivity index (χ4v) is 5.43. The lowest BCUT2D eigenvalue weighted by molar-refractivity contribution is 0.0204. The van der Waals surface area contributed by atoms with Gasteiger partial charge in [-0.2, -0.15) is 0 Å². The van der Waals surface area contributed by atoms with E-state index in [1.165, 1.54) is 15.9 Å². The Morgan fingerprint density at radius 3 is 1.79 bits per heavy atom. The standard InChI is InChI=1S/C30H24FO2S/c1-30(2,22-21-23-11-9-10-16-28(23)31)33-29(32)24-17-19-27(20-18-24)34(25-12-5-3-6-13-25)26-14-7-4-8-15-26/h3-20H,1-2H3/q+1. The molecule has 4 heteroatoms. The lowest BCUT2D eigenvalue weighted by atomic mass is 10.1. The quantitative estimate of drug-likeness (QED) is 0.181. The number of carbonyl (C=O) groups excluding carboxylic acids is 1. The van der Waals surface area contributed by atoms with E-state index in [0.29, 0.717) is 5.56 Å². The number of rotatable bonds is 5. The molecule has 4 rings (SSSR count). The third-order valence-electron chi connectivity index (χ3n) is 5.00. The lowest BCUT2D eigenvalue weighted by Gasteiger charge is -2.19. The molecule has 168 valence electrons. The first-order valence-corrected chi connectivity index (χ1v) is 12.1.